The van der Waals surface area contributed by atoms with Gasteiger partial charge in [0, 0.05) is 17.1 Å². The third-order valence-electron chi connectivity index (χ3n) is 3.16. The van der Waals surface area contributed by atoms with Crippen molar-refractivity contribution in [1.29, 1.82) is 0 Å². The van der Waals surface area contributed by atoms with Gasteiger partial charge in [0.1, 0.15) is 0 Å². The van der Waals surface area contributed by atoms with Crippen LogP contribution >= 0.6 is 23.4 Å². The molecule has 1 heterocycles. The Kier molecular flexibility index (Phi) is 4.27. The van der Waals surface area contributed by atoms with E-state index in [0.29, 0.717) is 10.6 Å². The number of carbonyl (C=O) groups is 1. The van der Waals surface area contributed by atoms with Crippen LogP contribution in [0.15, 0.2) is 53.7 Å². The fraction of sp³-hybridized carbons (Fsp3) is 0.125. The lowest BCUT2D eigenvalue weighted by molar-refractivity contribution is 0.0516. The van der Waals surface area contributed by atoms with Gasteiger partial charge >= 0.3 is 5.97 Å². The minimum Gasteiger partial charge on any atom is -0.312 e. The van der Waals surface area contributed by atoms with Crippen molar-refractivity contribution in [3.05, 3.63) is 70.2 Å². The maximum absolute atomic E-state index is 12.0. The molecule has 0 bridgehead atoms. The number of halogens is 1. The number of benzene rings is 2. The molecule has 0 N–H and O–H groups in total. The fourth-order valence-electron chi connectivity index (χ4n) is 2.11. The van der Waals surface area contributed by atoms with E-state index < -0.39 is 5.97 Å². The van der Waals surface area contributed by atoms with E-state index in [0.717, 1.165) is 22.8 Å². The van der Waals surface area contributed by atoms with Gasteiger partial charge in [-0.05, 0) is 17.7 Å². The number of fused-ring (bicyclic) bond motifs is 1. The smallest absolute Gasteiger partial charge is 0.312 e. The summed E-state index contributed by atoms with van der Waals surface area (Å²) in [5.41, 5.74) is 3.35. The molecule has 3 rings (SSSR count). The first-order chi connectivity index (χ1) is 10.3. The second-order valence-corrected chi connectivity index (χ2v) is 5.94. The maximum atomic E-state index is 12.0. The lowest BCUT2D eigenvalue weighted by Crippen LogP contribution is -2.14. The van der Waals surface area contributed by atoms with E-state index in [4.69, 9.17) is 16.4 Å². The molecule has 0 aromatic heterocycles. The topological polar surface area (TPSA) is 38.7 Å². The van der Waals surface area contributed by atoms with Crippen LogP contribution in [0, 0.1) is 0 Å². The highest BCUT2D eigenvalue weighted by molar-refractivity contribution is 7.99. The zero-order valence-electron chi connectivity index (χ0n) is 11.1. The lowest BCUT2D eigenvalue weighted by atomic mass is 10.1. The molecule has 5 heteroatoms. The van der Waals surface area contributed by atoms with Gasteiger partial charge in [0.15, 0.2) is 0 Å². The summed E-state index contributed by atoms with van der Waals surface area (Å²) in [6.07, 6.45) is 0. The summed E-state index contributed by atoms with van der Waals surface area (Å²) in [7, 11) is 0. The van der Waals surface area contributed by atoms with E-state index in [2.05, 4.69) is 11.2 Å². The molecule has 0 amide bonds. The van der Waals surface area contributed by atoms with Crippen molar-refractivity contribution in [2.45, 2.75) is 5.75 Å². The van der Waals surface area contributed by atoms with Gasteiger partial charge in [-0.25, -0.2) is 4.79 Å². The van der Waals surface area contributed by atoms with Crippen LogP contribution in [0.5, 0.6) is 0 Å². The third-order valence-corrected chi connectivity index (χ3v) is 4.48. The van der Waals surface area contributed by atoms with Crippen LogP contribution in [0.4, 0.5) is 0 Å². The highest BCUT2D eigenvalue weighted by Crippen LogP contribution is 2.25. The summed E-state index contributed by atoms with van der Waals surface area (Å²) in [5.74, 6) is 1.14. The zero-order chi connectivity index (χ0) is 14.7. The van der Waals surface area contributed by atoms with Crippen molar-refractivity contribution in [1.82, 2.24) is 0 Å². The molecule has 0 unspecified atom stereocenters. The van der Waals surface area contributed by atoms with Crippen LogP contribution in [0.1, 0.15) is 21.5 Å². The second-order valence-electron chi connectivity index (χ2n) is 4.55. The molecule has 0 atom stereocenters. The number of hydrogen-bond donors (Lipinski definition) is 0. The average molecular weight is 318 g/mol. The monoisotopic (exact) mass is 317 g/mol. The van der Waals surface area contributed by atoms with E-state index in [1.54, 1.807) is 36.0 Å². The summed E-state index contributed by atoms with van der Waals surface area (Å²) in [4.78, 5) is 17.1. The molecule has 2 aromatic carbocycles. The molecule has 0 radical (unpaired) electrons. The predicted octanol–water partition coefficient (Wildman–Crippen LogP) is 4.15. The highest BCUT2D eigenvalue weighted by Gasteiger charge is 2.17. The average Bonchev–Trinajstić information content (AvgIpc) is 2.53. The number of hydrogen-bond acceptors (Lipinski definition) is 4. The Morgan fingerprint density at radius 3 is 2.71 bits per heavy atom. The van der Waals surface area contributed by atoms with Crippen LogP contribution < -0.4 is 0 Å². The fourth-order valence-corrected chi connectivity index (χ4v) is 3.30. The number of carbonyl (C=O) groups excluding carboxylic acids is 1. The van der Waals surface area contributed by atoms with Crippen LogP contribution in [0.25, 0.3) is 0 Å². The summed E-state index contributed by atoms with van der Waals surface area (Å²) < 4.78 is 0. The molecule has 0 saturated carbocycles. The normalized spacial score (nSPS) is 15.6. The van der Waals surface area contributed by atoms with E-state index in [-0.39, 0.29) is 0 Å². The standard InChI is InChI=1S/C16H12ClNO2S/c17-14-8-4-3-7-13(14)16(19)20-18-15-10-21-9-11-5-1-2-6-12(11)15/h1-8H,9-10H2/b18-15+. The summed E-state index contributed by atoms with van der Waals surface area (Å²) in [6.45, 7) is 0. The second kappa shape index (κ2) is 6.33. The molecule has 2 aromatic rings. The minimum absolute atomic E-state index is 0.320. The van der Waals surface area contributed by atoms with Gasteiger partial charge in [-0.3, -0.25) is 0 Å². The number of rotatable bonds is 2. The third kappa shape index (κ3) is 3.12. The Morgan fingerprint density at radius 2 is 1.86 bits per heavy atom. The van der Waals surface area contributed by atoms with Gasteiger partial charge in [0.25, 0.3) is 0 Å². The summed E-state index contributed by atoms with van der Waals surface area (Å²) in [5, 5.41) is 4.39. The summed E-state index contributed by atoms with van der Waals surface area (Å²) in [6, 6.07) is 14.8. The van der Waals surface area contributed by atoms with Crippen LogP contribution in [0.2, 0.25) is 5.02 Å². The van der Waals surface area contributed by atoms with Gasteiger partial charge < -0.3 is 4.84 Å². The molecule has 1 aliphatic rings. The molecule has 1 aliphatic heterocycles. The zero-order valence-corrected chi connectivity index (χ0v) is 12.7. The van der Waals surface area contributed by atoms with Crippen LogP contribution in [-0.4, -0.2) is 17.4 Å². The largest absolute Gasteiger partial charge is 0.367 e. The molecular weight excluding hydrogens is 306 g/mol. The SMILES string of the molecule is O=C(O/N=C1\CSCc2ccccc21)c1ccccc1Cl. The molecule has 21 heavy (non-hydrogen) atoms. The maximum Gasteiger partial charge on any atom is 0.367 e. The molecule has 0 spiro atoms. The molecule has 106 valence electrons. The van der Waals surface area contributed by atoms with E-state index in [9.17, 15) is 4.79 Å². The van der Waals surface area contributed by atoms with Gasteiger partial charge in [0.05, 0.1) is 16.3 Å². The predicted molar refractivity (Wildman–Crippen MR) is 86.0 cm³/mol. The number of oxime groups is 1. The molecule has 3 nitrogen and oxygen atoms in total. The van der Waals surface area contributed by atoms with Crippen molar-refractivity contribution in [2.24, 2.45) is 5.16 Å². The van der Waals surface area contributed by atoms with E-state index in [1.807, 2.05) is 18.2 Å². The minimum atomic E-state index is -0.541. The van der Waals surface area contributed by atoms with Crippen LogP contribution in [-0.2, 0) is 10.6 Å². The molecule has 0 fully saturated rings. The number of thioether (sulfide) groups is 1. The number of nitrogens with zero attached hydrogens (tertiary/aromatic N) is 1. The van der Waals surface area contributed by atoms with Crippen molar-refractivity contribution in [2.75, 3.05) is 5.75 Å². The van der Waals surface area contributed by atoms with Gasteiger partial charge in [0.2, 0.25) is 0 Å². The Morgan fingerprint density at radius 1 is 1.10 bits per heavy atom. The lowest BCUT2D eigenvalue weighted by Gasteiger charge is -2.16. The van der Waals surface area contributed by atoms with Crippen LogP contribution in [0.3, 0.4) is 0 Å². The quantitative estimate of drug-likeness (QED) is 0.617. The Balaban J connectivity index is 1.82. The van der Waals surface area contributed by atoms with Crippen molar-refractivity contribution >= 4 is 35.0 Å². The molecular formula is C16H12ClNO2S. The van der Waals surface area contributed by atoms with E-state index in [1.165, 1.54) is 5.56 Å². The first-order valence-corrected chi connectivity index (χ1v) is 7.98. The van der Waals surface area contributed by atoms with Gasteiger partial charge in [-0.1, -0.05) is 53.2 Å². The summed E-state index contributed by atoms with van der Waals surface area (Å²) >= 11 is 7.72. The van der Waals surface area contributed by atoms with Gasteiger partial charge in [-0.15, -0.1) is 0 Å². The van der Waals surface area contributed by atoms with Crippen molar-refractivity contribution in [3.8, 4) is 0 Å². The van der Waals surface area contributed by atoms with Gasteiger partial charge in [-0.2, -0.15) is 11.8 Å². The first kappa shape index (κ1) is 14.2. The Labute approximate surface area is 131 Å². The Hall–Kier alpha value is -1.78. The van der Waals surface area contributed by atoms with Crippen molar-refractivity contribution < 1.29 is 9.63 Å². The first-order valence-electron chi connectivity index (χ1n) is 6.44. The molecule has 0 aliphatic carbocycles. The molecule has 0 saturated heterocycles. The Bertz CT molecular complexity index is 715. The van der Waals surface area contributed by atoms with E-state index >= 15 is 0 Å². The highest BCUT2D eigenvalue weighted by atomic mass is 35.5. The van der Waals surface area contributed by atoms with Crippen molar-refractivity contribution in [3.63, 3.8) is 0 Å².